The molecule has 0 radical (unpaired) electrons. The quantitative estimate of drug-likeness (QED) is 0.892. The Morgan fingerprint density at radius 1 is 1.00 bits per heavy atom. The zero-order valence-electron chi connectivity index (χ0n) is 13.2. The minimum Gasteiger partial charge on any atom is -0.481 e. The Bertz CT molecular complexity index is 685. The number of carbonyl (C=O) groups is 1. The summed E-state index contributed by atoms with van der Waals surface area (Å²) in [5, 5.41) is 20.3. The fraction of sp³-hybridized carbons (Fsp3) is 0.350. The van der Waals surface area contributed by atoms with Gasteiger partial charge in [0.2, 0.25) is 0 Å². The summed E-state index contributed by atoms with van der Waals surface area (Å²) in [6.45, 7) is 0. The Morgan fingerprint density at radius 3 is 2.35 bits per heavy atom. The van der Waals surface area contributed by atoms with Crippen molar-refractivity contribution in [3.8, 4) is 11.1 Å². The van der Waals surface area contributed by atoms with Gasteiger partial charge in [0, 0.05) is 0 Å². The van der Waals surface area contributed by atoms with Crippen LogP contribution in [0.3, 0.4) is 0 Å². The largest absolute Gasteiger partial charge is 0.481 e. The van der Waals surface area contributed by atoms with Gasteiger partial charge in [-0.15, -0.1) is 0 Å². The van der Waals surface area contributed by atoms with E-state index in [0.29, 0.717) is 0 Å². The second kappa shape index (κ2) is 6.55. The van der Waals surface area contributed by atoms with Crippen molar-refractivity contribution in [2.24, 2.45) is 0 Å². The maximum atomic E-state index is 11.2. The van der Waals surface area contributed by atoms with E-state index in [1.165, 1.54) is 0 Å². The third kappa shape index (κ3) is 3.45. The van der Waals surface area contributed by atoms with Gasteiger partial charge in [0.15, 0.2) is 0 Å². The highest BCUT2D eigenvalue weighted by Crippen LogP contribution is 2.42. The van der Waals surface area contributed by atoms with Crippen molar-refractivity contribution in [2.45, 2.75) is 44.1 Å². The first-order valence-corrected chi connectivity index (χ1v) is 8.21. The average Bonchev–Trinajstić information content (AvgIpc) is 2.56. The molecule has 3 heteroatoms. The van der Waals surface area contributed by atoms with Gasteiger partial charge in [0.25, 0.3) is 0 Å². The van der Waals surface area contributed by atoms with Gasteiger partial charge in [-0.25, -0.2) is 0 Å². The van der Waals surface area contributed by atoms with Gasteiger partial charge in [-0.2, -0.15) is 0 Å². The van der Waals surface area contributed by atoms with E-state index in [1.807, 2.05) is 48.5 Å². The molecule has 0 aliphatic heterocycles. The van der Waals surface area contributed by atoms with Crippen molar-refractivity contribution < 1.29 is 15.0 Å². The zero-order valence-corrected chi connectivity index (χ0v) is 13.2. The van der Waals surface area contributed by atoms with Crippen LogP contribution in [0.15, 0.2) is 48.5 Å². The Balaban J connectivity index is 2.10. The van der Waals surface area contributed by atoms with Crippen LogP contribution in [0, 0.1) is 0 Å². The molecule has 2 aromatic carbocycles. The van der Waals surface area contributed by atoms with Gasteiger partial charge in [-0.3, -0.25) is 4.79 Å². The van der Waals surface area contributed by atoms with Crippen molar-refractivity contribution in [3.05, 3.63) is 59.7 Å². The summed E-state index contributed by atoms with van der Waals surface area (Å²) in [4.78, 5) is 11.0. The number of carboxylic acid groups (broad SMARTS) is 1. The van der Waals surface area contributed by atoms with Gasteiger partial charge in [-0.05, 0) is 35.1 Å². The Labute approximate surface area is 136 Å². The minimum atomic E-state index is -0.849. The molecule has 0 aromatic heterocycles. The van der Waals surface area contributed by atoms with Crippen LogP contribution in [0.1, 0.15) is 43.2 Å². The summed E-state index contributed by atoms with van der Waals surface area (Å²) >= 11 is 0. The van der Waals surface area contributed by atoms with Crippen LogP contribution in [0.5, 0.6) is 0 Å². The summed E-state index contributed by atoms with van der Waals surface area (Å²) in [5.41, 5.74) is 2.83. The second-order valence-electron chi connectivity index (χ2n) is 6.41. The smallest absolute Gasteiger partial charge is 0.307 e. The number of rotatable bonds is 4. The zero-order chi connectivity index (χ0) is 16.3. The molecule has 1 fully saturated rings. The molecule has 23 heavy (non-hydrogen) atoms. The van der Waals surface area contributed by atoms with Crippen molar-refractivity contribution in [3.63, 3.8) is 0 Å². The number of hydrogen-bond acceptors (Lipinski definition) is 2. The predicted octanol–water partition coefficient (Wildman–Crippen LogP) is 4.13. The lowest BCUT2D eigenvalue weighted by atomic mass is 9.76. The maximum absolute atomic E-state index is 11.2. The van der Waals surface area contributed by atoms with E-state index < -0.39 is 11.6 Å². The number of aliphatic carboxylic acids is 1. The SMILES string of the molecule is O=C(O)Cc1ccc(-c2ccccc2)c(C2(O)CCCCC2)c1. The Hall–Kier alpha value is -2.13. The number of hydrogen-bond donors (Lipinski definition) is 2. The van der Waals surface area contributed by atoms with Crippen molar-refractivity contribution in [2.75, 3.05) is 0 Å². The van der Waals surface area contributed by atoms with Gasteiger partial charge >= 0.3 is 5.97 Å². The molecule has 0 saturated heterocycles. The molecule has 3 rings (SSSR count). The molecule has 1 saturated carbocycles. The van der Waals surface area contributed by atoms with Crippen LogP contribution in [-0.4, -0.2) is 16.2 Å². The number of benzene rings is 2. The first-order chi connectivity index (χ1) is 11.1. The second-order valence-corrected chi connectivity index (χ2v) is 6.41. The molecule has 0 spiro atoms. The molecule has 3 nitrogen and oxygen atoms in total. The summed E-state index contributed by atoms with van der Waals surface area (Å²) in [6, 6.07) is 15.7. The van der Waals surface area contributed by atoms with Gasteiger partial charge in [0.05, 0.1) is 12.0 Å². The number of aliphatic hydroxyl groups is 1. The van der Waals surface area contributed by atoms with Crippen molar-refractivity contribution >= 4 is 5.97 Å². The van der Waals surface area contributed by atoms with Crippen LogP contribution in [0.4, 0.5) is 0 Å². The maximum Gasteiger partial charge on any atom is 0.307 e. The molecule has 2 N–H and O–H groups in total. The predicted molar refractivity (Wildman–Crippen MR) is 90.2 cm³/mol. The first kappa shape index (κ1) is 15.8. The third-order valence-corrected chi connectivity index (χ3v) is 4.71. The van der Waals surface area contributed by atoms with E-state index in [-0.39, 0.29) is 6.42 Å². The van der Waals surface area contributed by atoms with Crippen molar-refractivity contribution in [1.82, 2.24) is 0 Å². The summed E-state index contributed by atoms with van der Waals surface area (Å²) in [7, 11) is 0. The van der Waals surface area contributed by atoms with Crippen LogP contribution < -0.4 is 0 Å². The minimum absolute atomic E-state index is 0.0157. The van der Waals surface area contributed by atoms with Crippen molar-refractivity contribution in [1.29, 1.82) is 0 Å². The molecule has 1 aliphatic carbocycles. The van der Waals surface area contributed by atoms with E-state index >= 15 is 0 Å². The molecular formula is C20H22O3. The molecule has 0 heterocycles. The van der Waals surface area contributed by atoms with Crippen LogP contribution in [-0.2, 0) is 16.8 Å². The molecule has 2 aromatic rings. The molecule has 0 unspecified atom stereocenters. The van der Waals surface area contributed by atoms with E-state index in [9.17, 15) is 9.90 Å². The topological polar surface area (TPSA) is 57.5 Å². The highest BCUT2D eigenvalue weighted by Gasteiger charge is 2.33. The fourth-order valence-corrected chi connectivity index (χ4v) is 3.54. The lowest BCUT2D eigenvalue weighted by molar-refractivity contribution is -0.136. The lowest BCUT2D eigenvalue weighted by Gasteiger charge is -2.34. The molecule has 120 valence electrons. The van der Waals surface area contributed by atoms with Crippen LogP contribution >= 0.6 is 0 Å². The van der Waals surface area contributed by atoms with Gasteiger partial charge in [-0.1, -0.05) is 67.8 Å². The molecule has 0 atom stereocenters. The third-order valence-electron chi connectivity index (χ3n) is 4.71. The monoisotopic (exact) mass is 310 g/mol. The lowest BCUT2D eigenvalue weighted by Crippen LogP contribution is -2.29. The Kier molecular flexibility index (Phi) is 4.49. The van der Waals surface area contributed by atoms with Gasteiger partial charge < -0.3 is 10.2 Å². The first-order valence-electron chi connectivity index (χ1n) is 8.21. The standard InChI is InChI=1S/C20H22O3/c21-19(22)14-15-9-10-17(16-7-3-1-4-8-16)18(13-15)20(23)11-5-2-6-12-20/h1,3-4,7-10,13,23H,2,5-6,11-12,14H2,(H,21,22). The van der Waals surface area contributed by atoms with E-state index in [0.717, 1.165) is 54.4 Å². The normalized spacial score (nSPS) is 16.9. The fourth-order valence-electron chi connectivity index (χ4n) is 3.54. The van der Waals surface area contributed by atoms with E-state index in [4.69, 9.17) is 5.11 Å². The molecular weight excluding hydrogens is 288 g/mol. The Morgan fingerprint density at radius 2 is 1.70 bits per heavy atom. The highest BCUT2D eigenvalue weighted by molar-refractivity contribution is 5.73. The molecule has 0 amide bonds. The van der Waals surface area contributed by atoms with Gasteiger partial charge in [0.1, 0.15) is 0 Å². The van der Waals surface area contributed by atoms with Crippen LogP contribution in [0.2, 0.25) is 0 Å². The number of carboxylic acids is 1. The van der Waals surface area contributed by atoms with Crippen LogP contribution in [0.25, 0.3) is 11.1 Å². The average molecular weight is 310 g/mol. The summed E-state index contributed by atoms with van der Waals surface area (Å²) in [6.07, 6.45) is 4.63. The molecule has 1 aliphatic rings. The summed E-state index contributed by atoms with van der Waals surface area (Å²) < 4.78 is 0. The van der Waals surface area contributed by atoms with E-state index in [1.54, 1.807) is 0 Å². The summed E-state index contributed by atoms with van der Waals surface area (Å²) in [5.74, 6) is -0.848. The highest BCUT2D eigenvalue weighted by atomic mass is 16.4. The molecule has 0 bridgehead atoms. The van der Waals surface area contributed by atoms with E-state index in [2.05, 4.69) is 0 Å².